The Morgan fingerprint density at radius 3 is 2.46 bits per heavy atom. The fraction of sp³-hybridized carbons (Fsp3) is 0.105. The van der Waals surface area contributed by atoms with Gasteiger partial charge in [-0.05, 0) is 36.8 Å². The highest BCUT2D eigenvalue weighted by Crippen LogP contribution is 2.23. The van der Waals surface area contributed by atoms with Gasteiger partial charge < -0.3 is 15.0 Å². The van der Waals surface area contributed by atoms with Crippen LogP contribution in [0.25, 0.3) is 11.2 Å². The molecule has 0 fully saturated rings. The van der Waals surface area contributed by atoms with E-state index >= 15 is 0 Å². The Kier molecular flexibility index (Phi) is 4.45. The summed E-state index contributed by atoms with van der Waals surface area (Å²) in [6.07, 6.45) is 0. The predicted octanol–water partition coefficient (Wildman–Crippen LogP) is 4.35. The molecule has 0 radical (unpaired) electrons. The van der Waals surface area contributed by atoms with Crippen molar-refractivity contribution >= 4 is 29.6 Å². The molecule has 4 rings (SSSR count). The van der Waals surface area contributed by atoms with Crippen LogP contribution in [0.3, 0.4) is 0 Å². The molecule has 0 aliphatic rings. The summed E-state index contributed by atoms with van der Waals surface area (Å²) in [6, 6.07) is 17.7. The predicted molar refractivity (Wildman–Crippen MR) is 104 cm³/mol. The number of rotatable bonds is 5. The van der Waals surface area contributed by atoms with Crippen molar-refractivity contribution < 1.29 is 4.74 Å². The number of fused-ring (bicyclic) bond motifs is 1. The van der Waals surface area contributed by atoms with E-state index in [4.69, 9.17) is 4.74 Å². The Labute approximate surface area is 156 Å². The highest BCUT2D eigenvalue weighted by Gasteiger charge is 2.10. The molecule has 7 heteroatoms. The van der Waals surface area contributed by atoms with Crippen LogP contribution in [0.1, 0.15) is 11.4 Å². The van der Waals surface area contributed by atoms with Gasteiger partial charge in [-0.1, -0.05) is 30.3 Å². The van der Waals surface area contributed by atoms with E-state index in [-0.39, 0.29) is 0 Å². The van der Waals surface area contributed by atoms with Crippen molar-refractivity contribution in [3.63, 3.8) is 0 Å². The quantitative estimate of drug-likeness (QED) is 0.460. The van der Waals surface area contributed by atoms with Gasteiger partial charge in [-0.2, -0.15) is 0 Å². The number of ether oxygens (including phenoxy) is 1. The van der Waals surface area contributed by atoms with Gasteiger partial charge in [0.05, 0.1) is 0 Å². The largest absolute Gasteiger partial charge is 0.457 e. The third-order valence-corrected chi connectivity index (χ3v) is 4.02. The standard InChI is InChI=1S/C19H17N5OS/c1-12-21-17(16-18(22-12)24-19(26)23-16)20-11-13-7-9-15(10-8-13)25-14-5-3-2-4-6-14/h2-10H,11H2,1H3,(H3,20,21,22,23,24,26). The molecule has 2 heterocycles. The first-order valence-electron chi connectivity index (χ1n) is 8.16. The maximum absolute atomic E-state index is 5.81. The molecule has 0 atom stereocenters. The van der Waals surface area contributed by atoms with E-state index in [2.05, 4.69) is 37.9 Å². The number of para-hydroxylation sites is 1. The number of nitrogens with one attached hydrogen (secondary N) is 2. The summed E-state index contributed by atoms with van der Waals surface area (Å²) < 4.78 is 5.81. The van der Waals surface area contributed by atoms with Gasteiger partial charge in [-0.3, -0.25) is 0 Å². The molecule has 0 unspecified atom stereocenters. The molecule has 26 heavy (non-hydrogen) atoms. The molecule has 0 aliphatic heterocycles. The van der Waals surface area contributed by atoms with E-state index in [1.165, 1.54) is 0 Å². The number of anilines is 1. The van der Waals surface area contributed by atoms with E-state index in [1.807, 2.05) is 61.5 Å². The molecular formula is C19H17N5OS. The first-order valence-corrected chi connectivity index (χ1v) is 8.61. The molecular weight excluding hydrogens is 346 g/mol. The Bertz CT molecular complexity index is 1030. The number of aromatic nitrogens is 4. The molecule has 0 bridgehead atoms. The van der Waals surface area contributed by atoms with E-state index in [9.17, 15) is 0 Å². The van der Waals surface area contributed by atoms with Crippen LogP contribution in [0, 0.1) is 6.92 Å². The van der Waals surface area contributed by atoms with Gasteiger partial charge in [-0.15, -0.1) is 12.6 Å². The lowest BCUT2D eigenvalue weighted by Crippen LogP contribution is -2.04. The van der Waals surface area contributed by atoms with Gasteiger partial charge in [0.1, 0.15) is 22.8 Å². The summed E-state index contributed by atoms with van der Waals surface area (Å²) in [5.41, 5.74) is 2.47. The molecule has 0 saturated heterocycles. The van der Waals surface area contributed by atoms with E-state index in [1.54, 1.807) is 0 Å². The third-order valence-electron chi connectivity index (χ3n) is 3.81. The van der Waals surface area contributed by atoms with Crippen LogP contribution in [0.15, 0.2) is 59.8 Å². The highest BCUT2D eigenvalue weighted by molar-refractivity contribution is 7.80. The van der Waals surface area contributed by atoms with Gasteiger partial charge >= 0.3 is 0 Å². The summed E-state index contributed by atoms with van der Waals surface area (Å²) in [7, 11) is 0. The second-order valence-corrected chi connectivity index (χ2v) is 6.21. The summed E-state index contributed by atoms with van der Waals surface area (Å²) in [5.74, 6) is 2.99. The highest BCUT2D eigenvalue weighted by atomic mass is 32.1. The summed E-state index contributed by atoms with van der Waals surface area (Å²) >= 11 is 4.24. The van der Waals surface area contributed by atoms with E-state index in [0.717, 1.165) is 22.6 Å². The lowest BCUT2D eigenvalue weighted by atomic mass is 10.2. The zero-order chi connectivity index (χ0) is 17.9. The summed E-state index contributed by atoms with van der Waals surface area (Å²) in [5, 5.41) is 3.85. The minimum Gasteiger partial charge on any atom is -0.457 e. The zero-order valence-corrected chi connectivity index (χ0v) is 15.0. The summed E-state index contributed by atoms with van der Waals surface area (Å²) in [4.78, 5) is 16.1. The SMILES string of the molecule is Cc1nc(NCc2ccc(Oc3ccccc3)cc2)c2[nH]c(S)nc2n1. The molecule has 0 amide bonds. The Morgan fingerprint density at radius 2 is 1.69 bits per heavy atom. The fourth-order valence-electron chi connectivity index (χ4n) is 2.61. The molecule has 0 spiro atoms. The number of hydrogen-bond acceptors (Lipinski definition) is 6. The van der Waals surface area contributed by atoms with Crippen molar-refractivity contribution in [2.45, 2.75) is 18.6 Å². The average molecular weight is 363 g/mol. The second kappa shape index (κ2) is 7.05. The topological polar surface area (TPSA) is 75.7 Å². The zero-order valence-electron chi connectivity index (χ0n) is 14.1. The van der Waals surface area contributed by atoms with Crippen molar-refractivity contribution in [1.82, 2.24) is 19.9 Å². The van der Waals surface area contributed by atoms with Gasteiger partial charge in [-0.25, -0.2) is 15.0 Å². The van der Waals surface area contributed by atoms with Gasteiger partial charge in [0.2, 0.25) is 0 Å². The smallest absolute Gasteiger partial charge is 0.184 e. The Morgan fingerprint density at radius 1 is 0.962 bits per heavy atom. The Balaban J connectivity index is 1.47. The number of benzene rings is 2. The lowest BCUT2D eigenvalue weighted by molar-refractivity contribution is 0.482. The van der Waals surface area contributed by atoms with Crippen LogP contribution in [0.2, 0.25) is 0 Å². The van der Waals surface area contributed by atoms with Gasteiger partial charge in [0, 0.05) is 6.54 Å². The van der Waals surface area contributed by atoms with Crippen molar-refractivity contribution in [3.8, 4) is 11.5 Å². The number of thiol groups is 1. The average Bonchev–Trinajstić information content (AvgIpc) is 3.02. The van der Waals surface area contributed by atoms with Crippen molar-refractivity contribution in [2.75, 3.05) is 5.32 Å². The number of H-pyrrole nitrogens is 1. The maximum Gasteiger partial charge on any atom is 0.184 e. The molecule has 4 aromatic rings. The monoisotopic (exact) mass is 363 g/mol. The second-order valence-electron chi connectivity index (χ2n) is 5.79. The van der Waals surface area contributed by atoms with Crippen LogP contribution in [0.4, 0.5) is 5.82 Å². The number of hydrogen-bond donors (Lipinski definition) is 3. The molecule has 0 saturated carbocycles. The molecule has 2 N–H and O–H groups in total. The first-order chi connectivity index (χ1) is 12.7. The number of aryl methyl sites for hydroxylation is 1. The van der Waals surface area contributed by atoms with Crippen molar-refractivity contribution in [2.24, 2.45) is 0 Å². The van der Waals surface area contributed by atoms with Gasteiger partial charge in [0.15, 0.2) is 16.6 Å². The molecule has 2 aromatic heterocycles. The minimum atomic E-state index is 0.519. The maximum atomic E-state index is 5.81. The molecule has 130 valence electrons. The normalized spacial score (nSPS) is 10.8. The Hall–Kier alpha value is -3.06. The van der Waals surface area contributed by atoms with Crippen LogP contribution in [-0.4, -0.2) is 19.9 Å². The minimum absolute atomic E-state index is 0.519. The third kappa shape index (κ3) is 3.62. The van der Waals surface area contributed by atoms with Crippen molar-refractivity contribution in [1.29, 1.82) is 0 Å². The first kappa shape index (κ1) is 16.4. The molecule has 6 nitrogen and oxygen atoms in total. The van der Waals surface area contributed by atoms with Crippen LogP contribution < -0.4 is 10.1 Å². The van der Waals surface area contributed by atoms with E-state index < -0.39 is 0 Å². The van der Waals surface area contributed by atoms with Crippen LogP contribution in [-0.2, 0) is 6.54 Å². The number of imidazole rings is 1. The molecule has 0 aliphatic carbocycles. The van der Waals surface area contributed by atoms with Gasteiger partial charge in [0.25, 0.3) is 0 Å². The number of nitrogens with zero attached hydrogens (tertiary/aromatic N) is 3. The van der Waals surface area contributed by atoms with E-state index in [0.29, 0.717) is 29.0 Å². The van der Waals surface area contributed by atoms with Crippen LogP contribution >= 0.6 is 12.6 Å². The fourth-order valence-corrected chi connectivity index (χ4v) is 2.81. The molecule has 2 aromatic carbocycles. The van der Waals surface area contributed by atoms with Crippen molar-refractivity contribution in [3.05, 3.63) is 66.0 Å². The van der Waals surface area contributed by atoms with Crippen LogP contribution in [0.5, 0.6) is 11.5 Å². The summed E-state index contributed by atoms with van der Waals surface area (Å²) in [6.45, 7) is 2.46. The lowest BCUT2D eigenvalue weighted by Gasteiger charge is -2.09. The number of aromatic amines is 1.